The molecule has 0 radical (unpaired) electrons. The van der Waals surface area contributed by atoms with E-state index >= 15 is 0 Å². The van der Waals surface area contributed by atoms with Gasteiger partial charge in [-0.25, -0.2) is 8.42 Å². The summed E-state index contributed by atoms with van der Waals surface area (Å²) in [6, 6.07) is 5.27. The first kappa shape index (κ1) is 14.3. The van der Waals surface area contributed by atoms with Crippen molar-refractivity contribution >= 4 is 9.84 Å². The van der Waals surface area contributed by atoms with Crippen LogP contribution in [0.1, 0.15) is 31.7 Å². The average Bonchev–Trinajstić information content (AvgIpc) is 2.36. The molecule has 106 valence electrons. The smallest absolute Gasteiger partial charge is 0.175 e. The van der Waals surface area contributed by atoms with E-state index in [4.69, 9.17) is 10.5 Å². The quantitative estimate of drug-likeness (QED) is 0.916. The van der Waals surface area contributed by atoms with E-state index in [9.17, 15) is 8.42 Å². The molecule has 1 heterocycles. The van der Waals surface area contributed by atoms with Gasteiger partial charge in [-0.3, -0.25) is 0 Å². The van der Waals surface area contributed by atoms with E-state index in [2.05, 4.69) is 6.92 Å². The average molecular weight is 283 g/mol. The zero-order chi connectivity index (χ0) is 14.0. The molecule has 0 aromatic heterocycles. The van der Waals surface area contributed by atoms with Crippen LogP contribution in [0.15, 0.2) is 23.1 Å². The second kappa shape index (κ2) is 5.51. The molecule has 4 nitrogen and oxygen atoms in total. The van der Waals surface area contributed by atoms with Crippen molar-refractivity contribution in [3.63, 3.8) is 0 Å². The summed E-state index contributed by atoms with van der Waals surface area (Å²) in [7, 11) is -3.19. The number of fused-ring (bicyclic) bond motifs is 1. The van der Waals surface area contributed by atoms with Crippen molar-refractivity contribution in [2.45, 2.75) is 49.6 Å². The number of hydrogen-bond donors (Lipinski definition) is 1. The van der Waals surface area contributed by atoms with Crippen molar-refractivity contribution in [3.05, 3.63) is 23.8 Å². The van der Waals surface area contributed by atoms with Gasteiger partial charge >= 0.3 is 0 Å². The van der Waals surface area contributed by atoms with E-state index in [-0.39, 0.29) is 12.1 Å². The van der Waals surface area contributed by atoms with Gasteiger partial charge < -0.3 is 10.5 Å². The second-order valence-electron chi connectivity index (χ2n) is 5.22. The molecule has 5 heteroatoms. The van der Waals surface area contributed by atoms with Gasteiger partial charge in [0.15, 0.2) is 9.84 Å². The number of benzene rings is 1. The molecule has 0 spiro atoms. The molecule has 1 aromatic carbocycles. The van der Waals surface area contributed by atoms with Crippen molar-refractivity contribution in [2.24, 2.45) is 5.73 Å². The molecule has 0 fully saturated rings. The first-order chi connectivity index (χ1) is 8.90. The topological polar surface area (TPSA) is 69.4 Å². The number of rotatable bonds is 4. The molecule has 1 aromatic rings. The molecule has 2 atom stereocenters. The van der Waals surface area contributed by atoms with E-state index in [0.29, 0.717) is 10.6 Å². The maximum Gasteiger partial charge on any atom is 0.175 e. The van der Waals surface area contributed by atoms with E-state index in [1.807, 2.05) is 6.07 Å². The Morgan fingerprint density at radius 3 is 2.84 bits per heavy atom. The van der Waals surface area contributed by atoms with Gasteiger partial charge in [-0.05, 0) is 43.4 Å². The van der Waals surface area contributed by atoms with Gasteiger partial charge in [-0.2, -0.15) is 0 Å². The zero-order valence-electron chi connectivity index (χ0n) is 11.4. The first-order valence-electron chi connectivity index (χ1n) is 6.65. The number of ether oxygens (including phenoxy) is 1. The Hall–Kier alpha value is -1.07. The van der Waals surface area contributed by atoms with Gasteiger partial charge in [0, 0.05) is 12.3 Å². The zero-order valence-corrected chi connectivity index (χ0v) is 12.2. The van der Waals surface area contributed by atoms with E-state index in [0.717, 1.165) is 31.2 Å². The third-order valence-electron chi connectivity index (χ3n) is 3.59. The summed E-state index contributed by atoms with van der Waals surface area (Å²) >= 11 is 0. The van der Waals surface area contributed by atoms with Crippen LogP contribution in [0.2, 0.25) is 0 Å². The minimum atomic E-state index is -3.19. The molecule has 1 aliphatic rings. The highest BCUT2D eigenvalue weighted by atomic mass is 32.2. The number of nitrogens with two attached hydrogens (primary N) is 1. The maximum atomic E-state index is 11.5. The molecule has 0 amide bonds. The van der Waals surface area contributed by atoms with Crippen LogP contribution in [0.3, 0.4) is 0 Å². The summed E-state index contributed by atoms with van der Waals surface area (Å²) in [6.07, 6.45) is 4.91. The number of aryl methyl sites for hydroxylation is 1. The van der Waals surface area contributed by atoms with Gasteiger partial charge in [0.2, 0.25) is 0 Å². The van der Waals surface area contributed by atoms with Gasteiger partial charge in [-0.15, -0.1) is 0 Å². The number of hydrogen-bond acceptors (Lipinski definition) is 4. The Balaban J connectivity index is 2.19. The van der Waals surface area contributed by atoms with Crippen LogP contribution in [-0.4, -0.2) is 26.8 Å². The van der Waals surface area contributed by atoms with Crippen LogP contribution in [-0.2, 0) is 16.3 Å². The maximum absolute atomic E-state index is 11.5. The molecule has 2 N–H and O–H groups in total. The molecule has 0 bridgehead atoms. The highest BCUT2D eigenvalue weighted by Gasteiger charge is 2.22. The Morgan fingerprint density at radius 2 is 2.21 bits per heavy atom. The molecule has 0 aliphatic carbocycles. The lowest BCUT2D eigenvalue weighted by Crippen LogP contribution is -2.31. The second-order valence-corrected chi connectivity index (χ2v) is 7.24. The summed E-state index contributed by atoms with van der Waals surface area (Å²) in [6.45, 7) is 2.06. The van der Waals surface area contributed by atoms with Crippen molar-refractivity contribution in [1.29, 1.82) is 0 Å². The fraction of sp³-hybridized carbons (Fsp3) is 0.571. The monoisotopic (exact) mass is 283 g/mol. The normalized spacial score (nSPS) is 20.5. The molecule has 2 rings (SSSR count). The van der Waals surface area contributed by atoms with Crippen molar-refractivity contribution in [2.75, 3.05) is 6.26 Å². The Labute approximate surface area is 114 Å². The van der Waals surface area contributed by atoms with Crippen LogP contribution in [0.5, 0.6) is 5.75 Å². The molecular weight excluding hydrogens is 262 g/mol. The lowest BCUT2D eigenvalue weighted by Gasteiger charge is -2.28. The minimum Gasteiger partial charge on any atom is -0.490 e. The Bertz CT molecular complexity index is 554. The van der Waals surface area contributed by atoms with Crippen LogP contribution < -0.4 is 10.5 Å². The third kappa shape index (κ3) is 3.48. The largest absolute Gasteiger partial charge is 0.490 e. The highest BCUT2D eigenvalue weighted by Crippen LogP contribution is 2.31. The van der Waals surface area contributed by atoms with Crippen LogP contribution in [0.25, 0.3) is 0 Å². The van der Waals surface area contributed by atoms with Crippen LogP contribution >= 0.6 is 0 Å². The fourth-order valence-corrected chi connectivity index (χ4v) is 2.94. The Kier molecular flexibility index (Phi) is 4.16. The molecular formula is C14H21NO3S. The summed E-state index contributed by atoms with van der Waals surface area (Å²) in [5, 5.41) is 0. The van der Waals surface area contributed by atoms with E-state index in [1.54, 1.807) is 12.1 Å². The van der Waals surface area contributed by atoms with Crippen molar-refractivity contribution < 1.29 is 13.2 Å². The molecule has 0 saturated heterocycles. The van der Waals surface area contributed by atoms with E-state index < -0.39 is 9.84 Å². The predicted molar refractivity (Wildman–Crippen MR) is 75.2 cm³/mol. The van der Waals surface area contributed by atoms with Crippen LogP contribution in [0, 0.1) is 0 Å². The van der Waals surface area contributed by atoms with Gasteiger partial charge in [0.05, 0.1) is 4.90 Å². The third-order valence-corrected chi connectivity index (χ3v) is 4.70. The summed E-state index contributed by atoms with van der Waals surface area (Å²) in [5.74, 6) is 0.697. The lowest BCUT2D eigenvalue weighted by molar-refractivity contribution is 0.154. The summed E-state index contributed by atoms with van der Waals surface area (Å²) < 4.78 is 29.0. The SMILES string of the molecule is CCC(N)CC1CCc2ccc(S(C)(=O)=O)cc2O1. The summed E-state index contributed by atoms with van der Waals surface area (Å²) in [5.41, 5.74) is 7.02. The Morgan fingerprint density at radius 1 is 1.47 bits per heavy atom. The minimum absolute atomic E-state index is 0.0947. The summed E-state index contributed by atoms with van der Waals surface area (Å²) in [4.78, 5) is 0.312. The van der Waals surface area contributed by atoms with Gasteiger partial charge in [0.1, 0.15) is 11.9 Å². The van der Waals surface area contributed by atoms with Gasteiger partial charge in [0.25, 0.3) is 0 Å². The van der Waals surface area contributed by atoms with E-state index in [1.165, 1.54) is 6.26 Å². The highest BCUT2D eigenvalue weighted by molar-refractivity contribution is 7.90. The number of sulfone groups is 1. The molecule has 1 aliphatic heterocycles. The fourth-order valence-electron chi connectivity index (χ4n) is 2.31. The lowest BCUT2D eigenvalue weighted by atomic mass is 9.97. The van der Waals surface area contributed by atoms with Crippen molar-refractivity contribution in [3.8, 4) is 5.75 Å². The predicted octanol–water partition coefficient (Wildman–Crippen LogP) is 1.91. The molecule has 2 unspecified atom stereocenters. The molecule has 19 heavy (non-hydrogen) atoms. The first-order valence-corrected chi connectivity index (χ1v) is 8.54. The van der Waals surface area contributed by atoms with Crippen molar-refractivity contribution in [1.82, 2.24) is 0 Å². The van der Waals surface area contributed by atoms with Gasteiger partial charge in [-0.1, -0.05) is 13.0 Å². The molecule has 0 saturated carbocycles. The standard InChI is InChI=1S/C14H21NO3S/c1-3-11(15)8-12-6-4-10-5-7-13(19(2,16)17)9-14(10)18-12/h5,7,9,11-12H,3-4,6,8,15H2,1-2H3. The van der Waals surface area contributed by atoms with Crippen LogP contribution in [0.4, 0.5) is 0 Å².